The van der Waals surface area contributed by atoms with Crippen molar-refractivity contribution in [3.8, 4) is 0 Å². The molecule has 3 rings (SSSR count). The van der Waals surface area contributed by atoms with Gasteiger partial charge >= 0.3 is 5.97 Å². The number of hydrogen-bond acceptors (Lipinski definition) is 4. The highest BCUT2D eigenvalue weighted by Crippen LogP contribution is 2.35. The number of fused-ring (bicyclic) bond motifs is 1. The number of esters is 1. The molecule has 30 heavy (non-hydrogen) atoms. The summed E-state index contributed by atoms with van der Waals surface area (Å²) >= 11 is 0. The molecule has 1 saturated carbocycles. The maximum absolute atomic E-state index is 12.9. The number of halogens is 1. The van der Waals surface area contributed by atoms with Gasteiger partial charge in [0, 0.05) is 12.5 Å². The van der Waals surface area contributed by atoms with Crippen molar-refractivity contribution in [2.24, 2.45) is 24.8 Å². The monoisotopic (exact) mass is 529 g/mol. The normalized spacial score (nSPS) is 21.5. The van der Waals surface area contributed by atoms with Crippen molar-refractivity contribution in [2.75, 3.05) is 0 Å². The molecule has 1 fully saturated rings. The number of carbonyl (C=O) groups is 1. The third kappa shape index (κ3) is 4.95. The van der Waals surface area contributed by atoms with Crippen molar-refractivity contribution < 1.29 is 43.0 Å². The summed E-state index contributed by atoms with van der Waals surface area (Å²) in [6.45, 7) is 8.75. The molecule has 7 nitrogen and oxygen atoms in total. The molecule has 1 aromatic heterocycles. The van der Waals surface area contributed by atoms with Gasteiger partial charge in [0.25, 0.3) is 11.5 Å². The molecule has 0 N–H and O–H groups in total. The van der Waals surface area contributed by atoms with Gasteiger partial charge in [0.1, 0.15) is 6.10 Å². The number of non-ortho nitro benzene ring substituents is 1. The molecule has 0 amide bonds. The zero-order chi connectivity index (χ0) is 21.3. The van der Waals surface area contributed by atoms with Gasteiger partial charge in [0.2, 0.25) is 0 Å². The lowest BCUT2D eigenvalue weighted by molar-refractivity contribution is -0.668. The van der Waals surface area contributed by atoms with Crippen molar-refractivity contribution in [1.29, 1.82) is 0 Å². The smallest absolute Gasteiger partial charge is 0.348 e. The molecule has 0 unspecified atom stereocenters. The maximum atomic E-state index is 12.9. The Hall–Kier alpha value is -1.71. The van der Waals surface area contributed by atoms with Gasteiger partial charge in [-0.15, -0.1) is 0 Å². The first-order valence-electron chi connectivity index (χ1n) is 10.6. The standard InChI is InChI=1S/C22H32N3O4.HI/c1-6-21-23(5)19-12-16(25(27)28)8-10-18(19)24(21)13-22(26)29-20-11-15(4)7-9-17(20)14(2)3;/h8,10,12,14-15,17,20H,6-7,9,11,13H2,1-5H3;1H/q+1;/p-1/t15-,17+,20-;/m1./s1. The van der Waals surface area contributed by atoms with Crippen LogP contribution in [0.25, 0.3) is 11.0 Å². The minimum Gasteiger partial charge on any atom is -1.00 e. The molecule has 0 aliphatic heterocycles. The van der Waals surface area contributed by atoms with Gasteiger partial charge < -0.3 is 28.7 Å². The molecule has 8 heteroatoms. The van der Waals surface area contributed by atoms with Crippen LogP contribution in [0.15, 0.2) is 18.2 Å². The Morgan fingerprint density at radius 3 is 2.67 bits per heavy atom. The Labute approximate surface area is 195 Å². The molecule has 166 valence electrons. The van der Waals surface area contributed by atoms with E-state index in [0.29, 0.717) is 24.2 Å². The van der Waals surface area contributed by atoms with E-state index in [0.717, 1.165) is 29.7 Å². The predicted octanol–water partition coefficient (Wildman–Crippen LogP) is 0.944. The topological polar surface area (TPSA) is 78.2 Å². The van der Waals surface area contributed by atoms with Crippen LogP contribution in [0.1, 0.15) is 52.8 Å². The lowest BCUT2D eigenvalue weighted by atomic mass is 9.75. The number of rotatable bonds is 6. The molecule has 1 aromatic carbocycles. The highest BCUT2D eigenvalue weighted by atomic mass is 127. The number of aryl methyl sites for hydroxylation is 1. The highest BCUT2D eigenvalue weighted by molar-refractivity contribution is 5.76. The van der Waals surface area contributed by atoms with Gasteiger partial charge in [0.05, 0.1) is 18.0 Å². The predicted molar refractivity (Wildman–Crippen MR) is 110 cm³/mol. The number of hydrogen-bond donors (Lipinski definition) is 0. The minimum absolute atomic E-state index is 0. The Balaban J connectivity index is 0.00000320. The lowest BCUT2D eigenvalue weighted by Gasteiger charge is -2.36. The highest BCUT2D eigenvalue weighted by Gasteiger charge is 2.34. The number of nitro groups is 1. The number of imidazole rings is 1. The molecule has 0 spiro atoms. The SMILES string of the molecule is CCc1n(C)c2cc([N+](=O)[O-])ccc2[n+]1CC(=O)O[C@@H]1C[C@H](C)CC[C@H]1C(C)C.[I-]. The van der Waals surface area contributed by atoms with Crippen molar-refractivity contribution in [1.82, 2.24) is 4.57 Å². The fraction of sp³-hybridized carbons (Fsp3) is 0.636. The largest absolute Gasteiger partial charge is 1.00 e. The first kappa shape index (κ1) is 24.6. The molecule has 1 aliphatic rings. The first-order valence-corrected chi connectivity index (χ1v) is 10.6. The number of aromatic nitrogens is 2. The van der Waals surface area contributed by atoms with Crippen LogP contribution in [0.4, 0.5) is 5.69 Å². The summed E-state index contributed by atoms with van der Waals surface area (Å²) in [5.74, 6) is 2.16. The third-order valence-corrected chi connectivity index (χ3v) is 6.37. The van der Waals surface area contributed by atoms with Gasteiger partial charge in [-0.1, -0.05) is 34.1 Å². The molecule has 2 aromatic rings. The third-order valence-electron chi connectivity index (χ3n) is 6.37. The van der Waals surface area contributed by atoms with Crippen molar-refractivity contribution >= 4 is 22.7 Å². The van der Waals surface area contributed by atoms with Gasteiger partial charge in [-0.05, 0) is 36.7 Å². The molecule has 1 aliphatic carbocycles. The summed E-state index contributed by atoms with van der Waals surface area (Å²) < 4.78 is 9.84. The number of nitrogens with zero attached hydrogens (tertiary/aromatic N) is 3. The fourth-order valence-electron chi connectivity index (χ4n) is 4.77. The van der Waals surface area contributed by atoms with Gasteiger partial charge in [-0.25, -0.2) is 13.9 Å². The Morgan fingerprint density at radius 2 is 2.07 bits per heavy atom. The van der Waals surface area contributed by atoms with Crippen molar-refractivity contribution in [2.45, 2.75) is 66.0 Å². The molecule has 3 atom stereocenters. The summed E-state index contributed by atoms with van der Waals surface area (Å²) in [6.07, 6.45) is 3.88. The zero-order valence-electron chi connectivity index (χ0n) is 18.4. The van der Waals surface area contributed by atoms with E-state index in [1.165, 1.54) is 12.5 Å². The number of ether oxygens (including phenoxy) is 1. The van der Waals surface area contributed by atoms with E-state index >= 15 is 0 Å². The minimum atomic E-state index is -0.396. The summed E-state index contributed by atoms with van der Waals surface area (Å²) in [6, 6.07) is 4.77. The van der Waals surface area contributed by atoms with E-state index in [4.69, 9.17) is 4.74 Å². The van der Waals surface area contributed by atoms with Crippen molar-refractivity contribution in [3.63, 3.8) is 0 Å². The number of benzene rings is 1. The van der Waals surface area contributed by atoms with Gasteiger partial charge in [0.15, 0.2) is 17.6 Å². The van der Waals surface area contributed by atoms with E-state index in [1.807, 2.05) is 23.1 Å². The second-order valence-electron chi connectivity index (χ2n) is 8.70. The summed E-state index contributed by atoms with van der Waals surface area (Å²) in [7, 11) is 1.88. The van der Waals surface area contributed by atoms with Crippen LogP contribution in [0.3, 0.4) is 0 Å². The average Bonchev–Trinajstić information content (AvgIpc) is 2.92. The van der Waals surface area contributed by atoms with Gasteiger partial charge in [-0.2, -0.15) is 0 Å². The number of carbonyl (C=O) groups excluding carboxylic acids is 1. The van der Waals surface area contributed by atoms with Crippen LogP contribution in [-0.2, 0) is 29.5 Å². The van der Waals surface area contributed by atoms with E-state index in [9.17, 15) is 14.9 Å². The molecule has 0 radical (unpaired) electrons. The summed E-state index contributed by atoms with van der Waals surface area (Å²) in [5.41, 5.74) is 1.60. The molecule has 0 bridgehead atoms. The van der Waals surface area contributed by atoms with Crippen LogP contribution in [0, 0.1) is 27.9 Å². The number of nitro benzene ring substituents is 1. The summed E-state index contributed by atoms with van der Waals surface area (Å²) in [4.78, 5) is 23.6. The molecule has 0 saturated heterocycles. The Bertz CT molecular complexity index is 925. The first-order chi connectivity index (χ1) is 13.7. The zero-order valence-corrected chi connectivity index (χ0v) is 20.6. The molecular weight excluding hydrogens is 497 g/mol. The molecule has 1 heterocycles. The van der Waals surface area contributed by atoms with Crippen LogP contribution in [0.5, 0.6) is 0 Å². The van der Waals surface area contributed by atoms with E-state index in [-0.39, 0.29) is 48.3 Å². The summed E-state index contributed by atoms with van der Waals surface area (Å²) in [5, 5.41) is 11.1. The molecular formula is C22H32IN3O4. The van der Waals surface area contributed by atoms with Gasteiger partial charge in [-0.3, -0.25) is 10.1 Å². The Kier molecular flexibility index (Phi) is 8.24. The van der Waals surface area contributed by atoms with Crippen LogP contribution < -0.4 is 28.5 Å². The van der Waals surface area contributed by atoms with Crippen LogP contribution in [0.2, 0.25) is 0 Å². The maximum Gasteiger partial charge on any atom is 0.348 e. The van der Waals surface area contributed by atoms with Crippen LogP contribution >= 0.6 is 0 Å². The van der Waals surface area contributed by atoms with Crippen LogP contribution in [-0.4, -0.2) is 21.6 Å². The van der Waals surface area contributed by atoms with E-state index in [1.54, 1.807) is 12.1 Å². The Morgan fingerprint density at radius 1 is 1.37 bits per heavy atom. The second kappa shape index (κ2) is 10.1. The van der Waals surface area contributed by atoms with E-state index < -0.39 is 4.92 Å². The quantitative estimate of drug-likeness (QED) is 0.184. The average molecular weight is 529 g/mol. The van der Waals surface area contributed by atoms with Crippen molar-refractivity contribution in [3.05, 3.63) is 34.1 Å². The van der Waals surface area contributed by atoms with E-state index in [2.05, 4.69) is 20.8 Å². The lowest BCUT2D eigenvalue weighted by Crippen LogP contribution is -3.00. The second-order valence-corrected chi connectivity index (χ2v) is 8.70. The fourth-order valence-corrected chi connectivity index (χ4v) is 4.77.